The van der Waals surface area contributed by atoms with Gasteiger partial charge in [0, 0.05) is 6.04 Å². The second-order valence-electron chi connectivity index (χ2n) is 6.92. The van der Waals surface area contributed by atoms with Crippen LogP contribution in [0.15, 0.2) is 48.5 Å². The van der Waals surface area contributed by atoms with Crippen LogP contribution < -0.4 is 10.6 Å². The van der Waals surface area contributed by atoms with Gasteiger partial charge in [0.1, 0.15) is 0 Å². The molecule has 25 heavy (non-hydrogen) atoms. The van der Waals surface area contributed by atoms with Crippen LogP contribution in [0, 0.1) is 6.92 Å². The molecule has 0 aliphatic carbocycles. The molecule has 4 nitrogen and oxygen atoms in total. The molecule has 0 atom stereocenters. The zero-order chi connectivity index (χ0) is 17.6. The first-order valence-electron chi connectivity index (χ1n) is 9.00. The monoisotopic (exact) mass is 337 g/mol. The zero-order valence-corrected chi connectivity index (χ0v) is 15.1. The van der Waals surface area contributed by atoms with Crippen LogP contribution in [0.25, 0.3) is 0 Å². The molecule has 0 spiro atoms. The number of hydrogen-bond donors (Lipinski definition) is 2. The van der Waals surface area contributed by atoms with Gasteiger partial charge >= 0.3 is 0 Å². The summed E-state index contributed by atoms with van der Waals surface area (Å²) < 4.78 is 0. The number of para-hydroxylation sites is 2. The van der Waals surface area contributed by atoms with E-state index in [9.17, 15) is 4.79 Å². The van der Waals surface area contributed by atoms with Gasteiger partial charge in [-0.3, -0.25) is 4.79 Å². The van der Waals surface area contributed by atoms with Crippen LogP contribution in [0.2, 0.25) is 0 Å². The largest absolute Gasteiger partial charge is 0.381 e. The summed E-state index contributed by atoms with van der Waals surface area (Å²) in [6.45, 7) is 4.26. The van der Waals surface area contributed by atoms with Gasteiger partial charge in [0.15, 0.2) is 0 Å². The van der Waals surface area contributed by atoms with Gasteiger partial charge in [-0.15, -0.1) is 0 Å². The van der Waals surface area contributed by atoms with Crippen molar-refractivity contribution in [2.24, 2.45) is 0 Å². The Hall–Kier alpha value is -2.33. The lowest BCUT2D eigenvalue weighted by Gasteiger charge is -2.30. The minimum absolute atomic E-state index is 0.0203. The Labute approximate surface area is 150 Å². The summed E-state index contributed by atoms with van der Waals surface area (Å²) in [7, 11) is 2.16. The SMILES string of the molecule is Cc1ccccc1CC(=O)Nc1ccccc1NC1CCN(C)CC1. The number of rotatable bonds is 5. The van der Waals surface area contributed by atoms with Gasteiger partial charge in [-0.2, -0.15) is 0 Å². The van der Waals surface area contributed by atoms with Gasteiger partial charge in [-0.1, -0.05) is 36.4 Å². The van der Waals surface area contributed by atoms with Crippen LogP contribution in [0.4, 0.5) is 11.4 Å². The Kier molecular flexibility index (Phi) is 5.71. The van der Waals surface area contributed by atoms with Crippen molar-refractivity contribution in [3.8, 4) is 0 Å². The van der Waals surface area contributed by atoms with Crippen molar-refractivity contribution in [2.45, 2.75) is 32.2 Å². The van der Waals surface area contributed by atoms with E-state index in [4.69, 9.17) is 0 Å². The fourth-order valence-electron chi connectivity index (χ4n) is 3.27. The lowest BCUT2D eigenvalue weighted by atomic mass is 10.0. The highest BCUT2D eigenvalue weighted by molar-refractivity contribution is 5.95. The van der Waals surface area contributed by atoms with E-state index in [-0.39, 0.29) is 5.91 Å². The molecule has 0 radical (unpaired) electrons. The topological polar surface area (TPSA) is 44.4 Å². The lowest BCUT2D eigenvalue weighted by molar-refractivity contribution is -0.115. The molecule has 3 rings (SSSR count). The molecule has 2 aromatic rings. The second kappa shape index (κ2) is 8.17. The molecule has 2 N–H and O–H groups in total. The molecule has 1 aliphatic rings. The predicted octanol–water partition coefficient (Wildman–Crippen LogP) is 3.68. The summed E-state index contributed by atoms with van der Waals surface area (Å²) in [4.78, 5) is 14.8. The van der Waals surface area contributed by atoms with E-state index in [1.165, 1.54) is 0 Å². The van der Waals surface area contributed by atoms with E-state index in [2.05, 4.69) is 22.6 Å². The first-order chi connectivity index (χ1) is 12.1. The van der Waals surface area contributed by atoms with E-state index in [0.717, 1.165) is 48.4 Å². The fraction of sp³-hybridized carbons (Fsp3) is 0.381. The van der Waals surface area contributed by atoms with Crippen molar-refractivity contribution in [2.75, 3.05) is 30.8 Å². The average molecular weight is 337 g/mol. The summed E-state index contributed by atoms with van der Waals surface area (Å²) in [5.74, 6) is 0.0203. The zero-order valence-electron chi connectivity index (χ0n) is 15.1. The van der Waals surface area contributed by atoms with E-state index < -0.39 is 0 Å². The summed E-state index contributed by atoms with van der Waals surface area (Å²) in [6.07, 6.45) is 2.65. The maximum absolute atomic E-state index is 12.5. The van der Waals surface area contributed by atoms with Gasteiger partial charge in [0.25, 0.3) is 0 Å². The van der Waals surface area contributed by atoms with E-state index in [1.807, 2.05) is 55.5 Å². The van der Waals surface area contributed by atoms with Crippen LogP contribution in [0.5, 0.6) is 0 Å². The number of aryl methyl sites for hydroxylation is 1. The standard InChI is InChI=1S/C21H27N3O/c1-16-7-3-4-8-17(16)15-21(25)23-20-10-6-5-9-19(20)22-18-11-13-24(2)14-12-18/h3-10,18,22H,11-15H2,1-2H3,(H,23,25). The molecule has 0 unspecified atom stereocenters. The first-order valence-corrected chi connectivity index (χ1v) is 9.00. The van der Waals surface area contributed by atoms with Gasteiger partial charge in [-0.05, 0) is 63.2 Å². The maximum Gasteiger partial charge on any atom is 0.228 e. The summed E-state index contributed by atoms with van der Waals surface area (Å²) in [5.41, 5.74) is 4.09. The average Bonchev–Trinajstić information content (AvgIpc) is 2.61. The van der Waals surface area contributed by atoms with Crippen molar-refractivity contribution in [1.82, 2.24) is 4.90 Å². The Morgan fingerprint density at radius 2 is 1.68 bits per heavy atom. The number of carbonyl (C=O) groups is 1. The van der Waals surface area contributed by atoms with E-state index >= 15 is 0 Å². The Balaban J connectivity index is 1.64. The second-order valence-corrected chi connectivity index (χ2v) is 6.92. The predicted molar refractivity (Wildman–Crippen MR) is 104 cm³/mol. The number of carbonyl (C=O) groups excluding carboxylic acids is 1. The molecule has 1 saturated heterocycles. The number of piperidine rings is 1. The number of benzene rings is 2. The molecule has 0 saturated carbocycles. The van der Waals surface area contributed by atoms with Crippen LogP contribution in [-0.4, -0.2) is 37.0 Å². The normalized spacial score (nSPS) is 15.8. The molecule has 1 amide bonds. The highest BCUT2D eigenvalue weighted by atomic mass is 16.1. The van der Waals surface area contributed by atoms with E-state index in [0.29, 0.717) is 12.5 Å². The number of nitrogens with one attached hydrogen (secondary N) is 2. The van der Waals surface area contributed by atoms with Crippen molar-refractivity contribution in [1.29, 1.82) is 0 Å². The van der Waals surface area contributed by atoms with Crippen molar-refractivity contribution < 1.29 is 4.79 Å². The third kappa shape index (κ3) is 4.83. The Morgan fingerprint density at radius 3 is 2.40 bits per heavy atom. The van der Waals surface area contributed by atoms with Crippen molar-refractivity contribution in [3.63, 3.8) is 0 Å². The number of likely N-dealkylation sites (tertiary alicyclic amines) is 1. The lowest BCUT2D eigenvalue weighted by Crippen LogP contribution is -2.36. The van der Waals surface area contributed by atoms with Gasteiger partial charge < -0.3 is 15.5 Å². The molecule has 0 aromatic heterocycles. The number of amides is 1. The van der Waals surface area contributed by atoms with Crippen LogP contribution in [0.3, 0.4) is 0 Å². The fourth-order valence-corrected chi connectivity index (χ4v) is 3.27. The van der Waals surface area contributed by atoms with Gasteiger partial charge in [0.2, 0.25) is 5.91 Å². The molecular formula is C21H27N3O. The quantitative estimate of drug-likeness (QED) is 0.875. The minimum Gasteiger partial charge on any atom is -0.381 e. The molecule has 2 aromatic carbocycles. The molecule has 1 fully saturated rings. The molecule has 1 heterocycles. The molecule has 1 aliphatic heterocycles. The Bertz CT molecular complexity index is 721. The van der Waals surface area contributed by atoms with Crippen molar-refractivity contribution >= 4 is 17.3 Å². The van der Waals surface area contributed by atoms with E-state index in [1.54, 1.807) is 0 Å². The third-order valence-electron chi connectivity index (χ3n) is 4.89. The number of anilines is 2. The third-order valence-corrected chi connectivity index (χ3v) is 4.89. The molecule has 132 valence electrons. The smallest absolute Gasteiger partial charge is 0.228 e. The van der Waals surface area contributed by atoms with Crippen LogP contribution in [0.1, 0.15) is 24.0 Å². The number of nitrogens with zero attached hydrogens (tertiary/aromatic N) is 1. The molecular weight excluding hydrogens is 310 g/mol. The summed E-state index contributed by atoms with van der Waals surface area (Å²) >= 11 is 0. The summed E-state index contributed by atoms with van der Waals surface area (Å²) in [6, 6.07) is 16.5. The summed E-state index contributed by atoms with van der Waals surface area (Å²) in [5, 5.41) is 6.68. The molecule has 0 bridgehead atoms. The maximum atomic E-state index is 12.5. The van der Waals surface area contributed by atoms with Crippen molar-refractivity contribution in [3.05, 3.63) is 59.7 Å². The first kappa shape index (κ1) is 17.5. The Morgan fingerprint density at radius 1 is 1.04 bits per heavy atom. The van der Waals surface area contributed by atoms with Crippen LogP contribution >= 0.6 is 0 Å². The van der Waals surface area contributed by atoms with Crippen LogP contribution in [-0.2, 0) is 11.2 Å². The minimum atomic E-state index is 0.0203. The highest BCUT2D eigenvalue weighted by Crippen LogP contribution is 2.24. The highest BCUT2D eigenvalue weighted by Gasteiger charge is 2.17. The molecule has 4 heteroatoms. The number of hydrogen-bond acceptors (Lipinski definition) is 3. The van der Waals surface area contributed by atoms with Gasteiger partial charge in [-0.25, -0.2) is 0 Å². The van der Waals surface area contributed by atoms with Gasteiger partial charge in [0.05, 0.1) is 17.8 Å².